The van der Waals surface area contributed by atoms with Crippen LogP contribution in [0, 0.1) is 24.2 Å². The van der Waals surface area contributed by atoms with Gasteiger partial charge in [-0.1, -0.05) is 54.1 Å². The van der Waals surface area contributed by atoms with Crippen molar-refractivity contribution in [2.45, 2.75) is 70.6 Å². The van der Waals surface area contributed by atoms with E-state index in [2.05, 4.69) is 48.6 Å². The lowest BCUT2D eigenvalue weighted by Crippen LogP contribution is -2.58. The van der Waals surface area contributed by atoms with Crippen LogP contribution in [-0.2, 0) is 27.8 Å². The van der Waals surface area contributed by atoms with Gasteiger partial charge in [-0.3, -0.25) is 14.5 Å². The standard InChI is InChI=1S/C34H36N2O2/c1-22-7-12-28(13-8-22)33-17-24-15-25(18-33)20-34(19-24,21-33)32(38)35-29-14-11-27-10-9-26-5-3-4-6-30(26)36(23(2)37)31(27)16-29/h3-8,11-14,16,24-25H,9-10,15,17-21H2,1-2H3,(H,35,38). The Labute approximate surface area is 225 Å². The van der Waals surface area contributed by atoms with E-state index < -0.39 is 0 Å². The molecule has 5 aliphatic rings. The summed E-state index contributed by atoms with van der Waals surface area (Å²) < 4.78 is 0. The molecule has 4 heteroatoms. The summed E-state index contributed by atoms with van der Waals surface area (Å²) >= 11 is 0. The molecule has 4 saturated carbocycles. The van der Waals surface area contributed by atoms with E-state index in [1.165, 1.54) is 36.0 Å². The Hall–Kier alpha value is -3.40. The van der Waals surface area contributed by atoms with E-state index in [4.69, 9.17) is 0 Å². The molecule has 38 heavy (non-hydrogen) atoms. The monoisotopic (exact) mass is 504 g/mol. The number of anilines is 3. The molecule has 8 rings (SSSR count). The molecule has 3 aromatic carbocycles. The number of aryl methyl sites for hydroxylation is 3. The molecule has 4 bridgehead atoms. The maximum atomic E-state index is 14.2. The molecular weight excluding hydrogens is 468 g/mol. The third-order valence-electron chi connectivity index (χ3n) is 10.0. The summed E-state index contributed by atoms with van der Waals surface area (Å²) in [5.41, 5.74) is 7.48. The SMILES string of the molecule is CC(=O)N1c2ccccc2CCc2ccc(NC(=O)C34CC5CC(C3)CC(c3ccc(C)cc3)(C5)C4)cc21. The van der Waals surface area contributed by atoms with E-state index in [9.17, 15) is 9.59 Å². The van der Waals surface area contributed by atoms with Crippen LogP contribution in [0.5, 0.6) is 0 Å². The molecule has 0 aromatic heterocycles. The smallest absolute Gasteiger partial charge is 0.230 e. The number of hydrogen-bond acceptors (Lipinski definition) is 2. The quantitative estimate of drug-likeness (QED) is 0.408. The highest BCUT2D eigenvalue weighted by atomic mass is 16.2. The Morgan fingerprint density at radius 2 is 1.53 bits per heavy atom. The van der Waals surface area contributed by atoms with Gasteiger partial charge in [0, 0.05) is 12.6 Å². The number of amides is 2. The van der Waals surface area contributed by atoms with Gasteiger partial charge in [-0.2, -0.15) is 0 Å². The molecule has 1 N–H and O–H groups in total. The van der Waals surface area contributed by atoms with E-state index in [-0.39, 0.29) is 22.6 Å². The summed E-state index contributed by atoms with van der Waals surface area (Å²) in [4.78, 5) is 28.8. The molecule has 4 fully saturated rings. The topological polar surface area (TPSA) is 49.4 Å². The van der Waals surface area contributed by atoms with E-state index in [1.54, 1.807) is 6.92 Å². The first-order valence-electron chi connectivity index (χ1n) is 14.2. The largest absolute Gasteiger partial charge is 0.326 e. The zero-order chi connectivity index (χ0) is 26.1. The average molecular weight is 505 g/mol. The van der Waals surface area contributed by atoms with Gasteiger partial charge in [0.2, 0.25) is 11.8 Å². The summed E-state index contributed by atoms with van der Waals surface area (Å²) in [7, 11) is 0. The van der Waals surface area contributed by atoms with E-state index >= 15 is 0 Å². The molecule has 4 aliphatic carbocycles. The fourth-order valence-corrected chi connectivity index (χ4v) is 8.78. The van der Waals surface area contributed by atoms with Gasteiger partial charge in [0.25, 0.3) is 0 Å². The van der Waals surface area contributed by atoms with Gasteiger partial charge < -0.3 is 5.32 Å². The Morgan fingerprint density at radius 1 is 0.842 bits per heavy atom. The van der Waals surface area contributed by atoms with Crippen molar-refractivity contribution in [2.24, 2.45) is 17.3 Å². The fourth-order valence-electron chi connectivity index (χ4n) is 8.78. The zero-order valence-electron chi connectivity index (χ0n) is 22.4. The Balaban J connectivity index is 1.21. The molecule has 2 amide bonds. The summed E-state index contributed by atoms with van der Waals surface area (Å²) in [6.07, 6.45) is 8.42. The maximum absolute atomic E-state index is 14.2. The molecule has 2 unspecified atom stereocenters. The number of nitrogens with zero attached hydrogens (tertiary/aromatic N) is 1. The zero-order valence-corrected chi connectivity index (χ0v) is 22.4. The molecule has 0 radical (unpaired) electrons. The van der Waals surface area contributed by atoms with Gasteiger partial charge >= 0.3 is 0 Å². The van der Waals surface area contributed by atoms with Crippen molar-refractivity contribution in [3.63, 3.8) is 0 Å². The number of carbonyl (C=O) groups excluding carboxylic acids is 2. The lowest BCUT2D eigenvalue weighted by Gasteiger charge is -2.61. The third-order valence-corrected chi connectivity index (χ3v) is 10.0. The molecule has 0 saturated heterocycles. The van der Waals surface area contributed by atoms with Gasteiger partial charge in [0.1, 0.15) is 0 Å². The van der Waals surface area contributed by atoms with Crippen LogP contribution < -0.4 is 10.2 Å². The minimum Gasteiger partial charge on any atom is -0.326 e. The maximum Gasteiger partial charge on any atom is 0.230 e. The molecule has 194 valence electrons. The highest BCUT2D eigenvalue weighted by Gasteiger charge is 2.60. The molecule has 1 aliphatic heterocycles. The number of fused-ring (bicyclic) bond motifs is 2. The highest BCUT2D eigenvalue weighted by molar-refractivity contribution is 6.02. The summed E-state index contributed by atoms with van der Waals surface area (Å²) in [5, 5.41) is 3.35. The number of nitrogens with one attached hydrogen (secondary N) is 1. The molecule has 2 atom stereocenters. The normalized spacial score (nSPS) is 28.8. The van der Waals surface area contributed by atoms with Crippen LogP contribution in [0.15, 0.2) is 66.7 Å². The molecule has 4 nitrogen and oxygen atoms in total. The Kier molecular flexibility index (Phi) is 5.34. The minimum absolute atomic E-state index is 0.00907. The Bertz CT molecular complexity index is 1430. The third kappa shape index (κ3) is 3.72. The number of hydrogen-bond donors (Lipinski definition) is 1. The number of para-hydroxylation sites is 1. The van der Waals surface area contributed by atoms with Crippen molar-refractivity contribution < 1.29 is 9.59 Å². The first kappa shape index (κ1) is 23.7. The first-order chi connectivity index (χ1) is 18.3. The molecule has 0 spiro atoms. The van der Waals surface area contributed by atoms with E-state index in [0.717, 1.165) is 54.7 Å². The van der Waals surface area contributed by atoms with Crippen molar-refractivity contribution in [3.05, 3.63) is 89.0 Å². The van der Waals surface area contributed by atoms with Gasteiger partial charge in [0.15, 0.2) is 0 Å². The van der Waals surface area contributed by atoms with Crippen molar-refractivity contribution in [2.75, 3.05) is 10.2 Å². The van der Waals surface area contributed by atoms with Gasteiger partial charge in [-0.05, 0) is 110 Å². The molecule has 3 aromatic rings. The van der Waals surface area contributed by atoms with Gasteiger partial charge in [-0.25, -0.2) is 0 Å². The number of benzene rings is 3. The summed E-state index contributed by atoms with van der Waals surface area (Å²) in [5.74, 6) is 1.41. The lowest BCUT2D eigenvalue weighted by atomic mass is 9.42. The highest BCUT2D eigenvalue weighted by Crippen LogP contribution is 2.66. The van der Waals surface area contributed by atoms with Crippen LogP contribution in [-0.4, -0.2) is 11.8 Å². The molecule has 1 heterocycles. The fraction of sp³-hybridized carbons (Fsp3) is 0.412. The van der Waals surface area contributed by atoms with Crippen LogP contribution in [0.4, 0.5) is 17.1 Å². The average Bonchev–Trinajstić information content (AvgIpc) is 3.05. The van der Waals surface area contributed by atoms with Crippen LogP contribution in [0.2, 0.25) is 0 Å². The first-order valence-corrected chi connectivity index (χ1v) is 14.2. The number of carbonyl (C=O) groups is 2. The minimum atomic E-state index is -0.311. The second kappa shape index (κ2) is 8.56. The van der Waals surface area contributed by atoms with Crippen LogP contribution >= 0.6 is 0 Å². The van der Waals surface area contributed by atoms with Crippen LogP contribution in [0.1, 0.15) is 67.7 Å². The molecular formula is C34H36N2O2. The second-order valence-corrected chi connectivity index (χ2v) is 12.7. The number of rotatable bonds is 3. The predicted octanol–water partition coefficient (Wildman–Crippen LogP) is 7.25. The van der Waals surface area contributed by atoms with Crippen LogP contribution in [0.25, 0.3) is 0 Å². The van der Waals surface area contributed by atoms with Crippen molar-refractivity contribution in [1.82, 2.24) is 0 Å². The van der Waals surface area contributed by atoms with E-state index in [1.807, 2.05) is 35.2 Å². The predicted molar refractivity (Wildman–Crippen MR) is 152 cm³/mol. The van der Waals surface area contributed by atoms with Crippen molar-refractivity contribution in [3.8, 4) is 0 Å². The summed E-state index contributed by atoms with van der Waals surface area (Å²) in [6.45, 7) is 3.77. The second-order valence-electron chi connectivity index (χ2n) is 12.7. The Morgan fingerprint density at radius 3 is 2.24 bits per heavy atom. The van der Waals surface area contributed by atoms with E-state index in [0.29, 0.717) is 11.8 Å². The summed E-state index contributed by atoms with van der Waals surface area (Å²) in [6, 6.07) is 23.4. The van der Waals surface area contributed by atoms with Crippen molar-refractivity contribution >= 4 is 28.9 Å². The van der Waals surface area contributed by atoms with Crippen LogP contribution in [0.3, 0.4) is 0 Å². The van der Waals surface area contributed by atoms with Gasteiger partial charge in [0.05, 0.1) is 16.8 Å². The van der Waals surface area contributed by atoms with Gasteiger partial charge in [-0.15, -0.1) is 0 Å². The lowest BCUT2D eigenvalue weighted by molar-refractivity contribution is -0.143. The van der Waals surface area contributed by atoms with Crippen molar-refractivity contribution in [1.29, 1.82) is 0 Å².